The van der Waals surface area contributed by atoms with Crippen LogP contribution in [0.25, 0.3) is 0 Å². The number of esters is 1. The zero-order chi connectivity index (χ0) is 19.5. The van der Waals surface area contributed by atoms with Crippen molar-refractivity contribution in [3.8, 4) is 0 Å². The molecule has 2 rings (SSSR count). The van der Waals surface area contributed by atoms with Crippen molar-refractivity contribution >= 4 is 29.5 Å². The molecule has 0 saturated heterocycles. The molecule has 9 heteroatoms. The largest absolute Gasteiger partial charge is 0.464 e. The minimum Gasteiger partial charge on any atom is -0.464 e. The van der Waals surface area contributed by atoms with E-state index in [1.54, 1.807) is 30.4 Å². The fourth-order valence-corrected chi connectivity index (χ4v) is 3.29. The molecule has 1 N–H and O–H groups in total. The van der Waals surface area contributed by atoms with Crippen LogP contribution in [0.15, 0.2) is 34.8 Å². The number of aliphatic hydroxyl groups excluding tert-OH is 1. The zero-order valence-electron chi connectivity index (χ0n) is 15.5. The standard InChI is InChI=1S/C9H12N2O2S.C8H12N2OS/c1-6(2)14-8-7(9(12)13-3)10-4-5-11-8;1-6(2)12-8-7(5-11)9-3-4-10-8/h4-6H,1-3H3;3-4,6,11H,5H2,1-2H3. The van der Waals surface area contributed by atoms with E-state index in [9.17, 15) is 4.79 Å². The summed E-state index contributed by atoms with van der Waals surface area (Å²) >= 11 is 3.11. The van der Waals surface area contributed by atoms with Crippen LogP contribution >= 0.6 is 23.5 Å². The normalized spacial score (nSPS) is 10.5. The number of nitrogens with zero attached hydrogens (tertiary/aromatic N) is 4. The Labute approximate surface area is 162 Å². The maximum Gasteiger partial charge on any atom is 0.359 e. The number of thioether (sulfide) groups is 2. The van der Waals surface area contributed by atoms with Gasteiger partial charge in [0.2, 0.25) is 0 Å². The third-order valence-electron chi connectivity index (χ3n) is 2.62. The molecule has 0 aliphatic heterocycles. The third-order valence-corrected chi connectivity index (χ3v) is 4.65. The average Bonchev–Trinajstić information content (AvgIpc) is 2.61. The summed E-state index contributed by atoms with van der Waals surface area (Å²) in [6.07, 6.45) is 6.29. The molecule has 7 nitrogen and oxygen atoms in total. The van der Waals surface area contributed by atoms with E-state index in [4.69, 9.17) is 5.11 Å². The number of ether oxygens (including phenoxy) is 1. The Morgan fingerprint density at radius 1 is 0.962 bits per heavy atom. The SMILES string of the molecule is CC(C)Sc1nccnc1CO.COC(=O)c1nccnc1SC(C)C. The summed E-state index contributed by atoms with van der Waals surface area (Å²) in [5.74, 6) is -0.443. The first-order valence-electron chi connectivity index (χ1n) is 8.02. The van der Waals surface area contributed by atoms with Gasteiger partial charge in [0, 0.05) is 35.3 Å². The van der Waals surface area contributed by atoms with Crippen molar-refractivity contribution in [3.05, 3.63) is 36.2 Å². The van der Waals surface area contributed by atoms with Gasteiger partial charge in [-0.3, -0.25) is 4.98 Å². The monoisotopic (exact) mass is 396 g/mol. The molecule has 0 aliphatic carbocycles. The second kappa shape index (κ2) is 11.8. The van der Waals surface area contributed by atoms with E-state index in [1.807, 2.05) is 13.8 Å². The topological polar surface area (TPSA) is 98.1 Å². The predicted molar refractivity (Wildman–Crippen MR) is 103 cm³/mol. The highest BCUT2D eigenvalue weighted by atomic mass is 32.2. The van der Waals surface area contributed by atoms with Gasteiger partial charge in [-0.1, -0.05) is 27.7 Å². The van der Waals surface area contributed by atoms with Crippen molar-refractivity contribution in [1.82, 2.24) is 19.9 Å². The van der Waals surface area contributed by atoms with E-state index < -0.39 is 5.97 Å². The highest BCUT2D eigenvalue weighted by molar-refractivity contribution is 8.00. The summed E-state index contributed by atoms with van der Waals surface area (Å²) in [6.45, 7) is 8.19. The Morgan fingerprint density at radius 2 is 1.46 bits per heavy atom. The number of rotatable bonds is 6. The molecule has 0 radical (unpaired) electrons. The highest BCUT2D eigenvalue weighted by Gasteiger charge is 2.15. The van der Waals surface area contributed by atoms with E-state index in [1.165, 1.54) is 25.1 Å². The predicted octanol–water partition coefficient (Wildman–Crippen LogP) is 3.23. The molecular weight excluding hydrogens is 372 g/mol. The maximum atomic E-state index is 11.3. The lowest BCUT2D eigenvalue weighted by atomic mass is 10.4. The lowest BCUT2D eigenvalue weighted by Crippen LogP contribution is -2.08. The molecule has 0 atom stereocenters. The van der Waals surface area contributed by atoms with Crippen LogP contribution in [0.5, 0.6) is 0 Å². The van der Waals surface area contributed by atoms with Crippen LogP contribution in [0.4, 0.5) is 0 Å². The molecular formula is C17H24N4O3S2. The summed E-state index contributed by atoms with van der Waals surface area (Å²) in [5, 5.41) is 11.2. The summed E-state index contributed by atoms with van der Waals surface area (Å²) in [7, 11) is 1.33. The van der Waals surface area contributed by atoms with Crippen molar-refractivity contribution in [2.45, 2.75) is 54.9 Å². The van der Waals surface area contributed by atoms with E-state index in [2.05, 4.69) is 38.5 Å². The van der Waals surface area contributed by atoms with Crippen molar-refractivity contribution in [2.75, 3.05) is 7.11 Å². The van der Waals surface area contributed by atoms with Crippen molar-refractivity contribution in [2.24, 2.45) is 0 Å². The molecule has 0 unspecified atom stereocenters. The van der Waals surface area contributed by atoms with Crippen LogP contribution in [-0.4, -0.2) is 48.6 Å². The lowest BCUT2D eigenvalue weighted by Gasteiger charge is -2.06. The van der Waals surface area contributed by atoms with Crippen LogP contribution in [0, 0.1) is 0 Å². The van der Waals surface area contributed by atoms with E-state index in [-0.39, 0.29) is 12.3 Å². The summed E-state index contributed by atoms with van der Waals surface area (Å²) in [5.41, 5.74) is 0.949. The van der Waals surface area contributed by atoms with Crippen LogP contribution < -0.4 is 0 Å². The second-order valence-electron chi connectivity index (χ2n) is 5.50. The molecule has 2 aromatic rings. The Hall–Kier alpha value is -1.71. The van der Waals surface area contributed by atoms with Gasteiger partial charge in [0.1, 0.15) is 10.1 Å². The van der Waals surface area contributed by atoms with Gasteiger partial charge in [-0.2, -0.15) is 0 Å². The van der Waals surface area contributed by atoms with Crippen molar-refractivity contribution in [1.29, 1.82) is 0 Å². The number of aromatic nitrogens is 4. The minimum atomic E-state index is -0.443. The molecule has 2 heterocycles. The molecule has 142 valence electrons. The minimum absolute atomic E-state index is 0.0388. The van der Waals surface area contributed by atoms with Gasteiger partial charge in [-0.25, -0.2) is 19.7 Å². The van der Waals surface area contributed by atoms with E-state index in [0.717, 1.165) is 5.03 Å². The zero-order valence-corrected chi connectivity index (χ0v) is 17.2. The quantitative estimate of drug-likeness (QED) is 0.583. The molecule has 0 aromatic carbocycles. The first-order valence-corrected chi connectivity index (χ1v) is 9.78. The number of carbonyl (C=O) groups excluding carboxylic acids is 1. The first-order chi connectivity index (χ1) is 12.4. The van der Waals surface area contributed by atoms with Gasteiger partial charge in [0.05, 0.1) is 19.4 Å². The highest BCUT2D eigenvalue weighted by Crippen LogP contribution is 2.23. The van der Waals surface area contributed by atoms with Crippen molar-refractivity contribution in [3.63, 3.8) is 0 Å². The lowest BCUT2D eigenvalue weighted by molar-refractivity contribution is 0.0588. The molecule has 0 amide bonds. The number of carbonyl (C=O) groups is 1. The van der Waals surface area contributed by atoms with E-state index in [0.29, 0.717) is 21.2 Å². The Bertz CT molecular complexity index is 699. The second-order valence-corrected chi connectivity index (χ2v) is 8.63. The first kappa shape index (κ1) is 22.3. The Balaban J connectivity index is 0.000000263. The molecule has 0 saturated carbocycles. The molecule has 0 bridgehead atoms. The number of hydrogen-bond donors (Lipinski definition) is 1. The number of hydrogen-bond acceptors (Lipinski definition) is 9. The third kappa shape index (κ3) is 7.67. The smallest absolute Gasteiger partial charge is 0.359 e. The van der Waals surface area contributed by atoms with Gasteiger partial charge < -0.3 is 9.84 Å². The van der Waals surface area contributed by atoms with Gasteiger partial charge >= 0.3 is 5.97 Å². The fraction of sp³-hybridized carbons (Fsp3) is 0.471. The Morgan fingerprint density at radius 3 is 2.00 bits per heavy atom. The maximum absolute atomic E-state index is 11.3. The molecule has 0 spiro atoms. The van der Waals surface area contributed by atoms with Gasteiger partial charge in [0.25, 0.3) is 0 Å². The molecule has 26 heavy (non-hydrogen) atoms. The summed E-state index contributed by atoms with van der Waals surface area (Å²) < 4.78 is 4.60. The Kier molecular flexibility index (Phi) is 10.2. The summed E-state index contributed by atoms with van der Waals surface area (Å²) in [6, 6.07) is 0. The average molecular weight is 397 g/mol. The van der Waals surface area contributed by atoms with E-state index >= 15 is 0 Å². The fourth-order valence-electron chi connectivity index (χ4n) is 1.66. The van der Waals surface area contributed by atoms with Gasteiger partial charge in [-0.15, -0.1) is 23.5 Å². The van der Waals surface area contributed by atoms with Crippen LogP contribution in [-0.2, 0) is 11.3 Å². The van der Waals surface area contributed by atoms with Gasteiger partial charge in [-0.05, 0) is 0 Å². The number of aliphatic hydroxyl groups is 1. The molecule has 2 aromatic heterocycles. The van der Waals surface area contributed by atoms with Crippen LogP contribution in [0.2, 0.25) is 0 Å². The van der Waals surface area contributed by atoms with Crippen LogP contribution in [0.1, 0.15) is 43.9 Å². The van der Waals surface area contributed by atoms with Crippen LogP contribution in [0.3, 0.4) is 0 Å². The molecule has 0 fully saturated rings. The number of methoxy groups -OCH3 is 1. The molecule has 0 aliphatic rings. The summed E-state index contributed by atoms with van der Waals surface area (Å²) in [4.78, 5) is 27.5. The van der Waals surface area contributed by atoms with Gasteiger partial charge in [0.15, 0.2) is 5.69 Å². The van der Waals surface area contributed by atoms with Crippen molar-refractivity contribution < 1.29 is 14.6 Å².